The molecule has 19 nitrogen and oxygen atoms in total. The summed E-state index contributed by atoms with van der Waals surface area (Å²) in [4.78, 5) is 101. The Kier molecular flexibility index (Phi) is 14.7. The predicted molar refractivity (Wildman–Crippen MR) is 281 cm³/mol. The highest BCUT2D eigenvalue weighted by Gasteiger charge is 2.55. The van der Waals surface area contributed by atoms with Crippen LogP contribution >= 0.6 is 0 Å². The number of benzene rings is 1. The van der Waals surface area contributed by atoms with Crippen LogP contribution in [-0.4, -0.2) is 128 Å². The number of aromatic hydroxyl groups is 1. The first-order chi connectivity index (χ1) is 36.8. The Balaban J connectivity index is 1.11. The minimum absolute atomic E-state index is 0.0117. The molecule has 5 N–H and O–H groups in total. The number of allylic oxidation sites excluding steroid dienone is 4. The van der Waals surface area contributed by atoms with E-state index in [4.69, 9.17) is 18.9 Å². The molecule has 416 valence electrons. The smallest absolute Gasteiger partial charge is 0.341 e. The fourth-order valence-electron chi connectivity index (χ4n) is 12.5. The molecule has 10 rings (SSSR count). The molecule has 1 spiro atoms. The Morgan fingerprint density at radius 3 is 2.18 bits per heavy atom. The number of anilines is 1. The van der Waals surface area contributed by atoms with E-state index in [9.17, 15) is 44.4 Å². The molecule has 10 atom stereocenters. The molecule has 0 radical (unpaired) electrons. The molecular formula is C58H67FN4O15. The molecule has 7 aliphatic rings. The summed E-state index contributed by atoms with van der Waals surface area (Å²) in [5.74, 6) is -12.0. The number of ether oxygens (including phenoxy) is 4. The van der Waals surface area contributed by atoms with Crippen molar-refractivity contribution in [2.24, 2.45) is 29.1 Å². The summed E-state index contributed by atoms with van der Waals surface area (Å²) in [7, 11) is 1.41. The number of phenolic OH excluding ortho intramolecular Hbond substituents is 1. The van der Waals surface area contributed by atoms with Crippen LogP contribution in [0.1, 0.15) is 138 Å². The molecule has 2 saturated heterocycles. The van der Waals surface area contributed by atoms with Gasteiger partial charge in [0.1, 0.15) is 34.6 Å². The van der Waals surface area contributed by atoms with Gasteiger partial charge in [-0.25, -0.2) is 9.18 Å². The van der Waals surface area contributed by atoms with Crippen LogP contribution in [0.4, 0.5) is 10.1 Å². The third-order valence-corrected chi connectivity index (χ3v) is 17.1. The van der Waals surface area contributed by atoms with Gasteiger partial charge in [-0.15, -0.1) is 0 Å². The van der Waals surface area contributed by atoms with Crippen molar-refractivity contribution in [3.05, 3.63) is 115 Å². The SMILES string of the molecule is CO[C@H]1C=CO[C@@]2(C)Oc3c(C)c(O)c4c(c3C2=O)C(=O)C(N2CCC3(CCN(c5c(F)cn6c(=O)c(C(=O)O)cc(C7CC7)c6c5C)C3)C2)=C(NC(=O)C(C)=CC=C[C@H](C)[C@H](O)[C@@H](C)[C@@H](O)[C@@H](C)[C@H](OC(C)=O)[C@@H]1C)C4=O. The number of esters is 1. The highest BCUT2D eigenvalue weighted by atomic mass is 19.1. The minimum Gasteiger partial charge on any atom is -0.507 e. The van der Waals surface area contributed by atoms with Crippen molar-refractivity contribution in [2.75, 3.05) is 38.2 Å². The third-order valence-electron chi connectivity index (χ3n) is 17.1. The van der Waals surface area contributed by atoms with E-state index < -0.39 is 134 Å². The second-order valence-corrected chi connectivity index (χ2v) is 22.4. The van der Waals surface area contributed by atoms with Gasteiger partial charge < -0.3 is 54.5 Å². The number of aliphatic hydroxyl groups is 2. The maximum Gasteiger partial charge on any atom is 0.341 e. The number of aromatic carboxylic acids is 1. The molecule has 1 unspecified atom stereocenters. The monoisotopic (exact) mass is 1080 g/mol. The molecule has 20 heteroatoms. The van der Waals surface area contributed by atoms with Gasteiger partial charge in [0.05, 0.1) is 58.7 Å². The molecule has 3 fully saturated rings. The first kappa shape index (κ1) is 55.6. The number of hydrogen-bond donors (Lipinski definition) is 5. The number of methoxy groups -OCH3 is 1. The van der Waals surface area contributed by atoms with Crippen LogP contribution in [0, 0.1) is 48.8 Å². The molecule has 2 aromatic heterocycles. The Morgan fingerprint density at radius 2 is 1.54 bits per heavy atom. The fraction of sp³-hybridized carbons (Fsp3) is 0.500. The zero-order valence-corrected chi connectivity index (χ0v) is 45.4. The lowest BCUT2D eigenvalue weighted by Gasteiger charge is -2.38. The number of pyridine rings is 2. The first-order valence-electron chi connectivity index (χ1n) is 26.4. The van der Waals surface area contributed by atoms with Crippen LogP contribution in [0.25, 0.3) is 5.52 Å². The lowest BCUT2D eigenvalue weighted by atomic mass is 9.78. The maximum absolute atomic E-state index is 16.5. The number of carbonyl (C=O) groups is 6. The van der Waals surface area contributed by atoms with Gasteiger partial charge in [0.15, 0.2) is 5.82 Å². The van der Waals surface area contributed by atoms with Gasteiger partial charge >= 0.3 is 17.7 Å². The van der Waals surface area contributed by atoms with Crippen LogP contribution in [0.2, 0.25) is 0 Å². The summed E-state index contributed by atoms with van der Waals surface area (Å²) in [5.41, 5.74) is -2.03. The second-order valence-electron chi connectivity index (χ2n) is 22.4. The van der Waals surface area contributed by atoms with Crippen molar-refractivity contribution in [1.82, 2.24) is 14.6 Å². The number of nitrogens with one attached hydrogen (secondary N) is 1. The Hall–Kier alpha value is -7.16. The summed E-state index contributed by atoms with van der Waals surface area (Å²) in [5, 5.41) is 47.6. The van der Waals surface area contributed by atoms with E-state index in [0.29, 0.717) is 36.0 Å². The van der Waals surface area contributed by atoms with E-state index in [2.05, 4.69) is 5.32 Å². The van der Waals surface area contributed by atoms with Crippen LogP contribution in [-0.2, 0) is 23.8 Å². The molecule has 3 aromatic rings. The van der Waals surface area contributed by atoms with Crippen molar-refractivity contribution in [3.63, 3.8) is 0 Å². The number of phenols is 1. The number of aliphatic hydroxyl groups excluding tert-OH is 2. The predicted octanol–water partition coefficient (Wildman–Crippen LogP) is 6.20. The van der Waals surface area contributed by atoms with Crippen molar-refractivity contribution >= 4 is 46.4 Å². The zero-order valence-electron chi connectivity index (χ0n) is 45.4. The van der Waals surface area contributed by atoms with Crippen LogP contribution < -0.4 is 20.5 Å². The molecule has 1 aromatic carbocycles. The van der Waals surface area contributed by atoms with Crippen molar-refractivity contribution in [3.8, 4) is 11.5 Å². The summed E-state index contributed by atoms with van der Waals surface area (Å²) in [6.45, 7) is 14.9. The number of Topliss-reactive ketones (excluding diaryl/α,β-unsaturated/α-hetero) is 3. The van der Waals surface area contributed by atoms with Crippen molar-refractivity contribution in [2.45, 2.75) is 124 Å². The van der Waals surface area contributed by atoms with Gasteiger partial charge in [0, 0.05) is 87.4 Å². The Bertz CT molecular complexity index is 3280. The Morgan fingerprint density at radius 1 is 0.872 bits per heavy atom. The molecular weight excluding hydrogens is 1010 g/mol. The molecule has 5 bridgehead atoms. The highest BCUT2D eigenvalue weighted by Crippen LogP contribution is 2.51. The molecule has 78 heavy (non-hydrogen) atoms. The normalized spacial score (nSPS) is 29.8. The first-order valence-corrected chi connectivity index (χ1v) is 26.4. The number of hydrogen-bond acceptors (Lipinski definition) is 16. The summed E-state index contributed by atoms with van der Waals surface area (Å²) in [6.07, 6.45) is 6.67. The van der Waals surface area contributed by atoms with Gasteiger partial charge in [0.2, 0.25) is 11.6 Å². The second kappa shape index (κ2) is 20.6. The third kappa shape index (κ3) is 9.37. The molecule has 1 saturated carbocycles. The topological polar surface area (TPSA) is 260 Å². The number of fused-ring (bicyclic) bond motifs is 15. The standard InChI is InChI=1S/C58H67FN4O15/c1-26-12-11-13-27(2)54(71)60-42-45(62-20-18-58(25-62)17-19-61(24-58)44-29(4)43-35(34-14-15-34)22-36(56(73)74)55(72)63(43)23-37(44)59)50(69)39-40(49(42)68)48(67)32(7)52-41(39)53(70)57(9,78-52)76-21-16-38(75-10)28(3)51(77-33(8)64)31(6)47(66)30(5)46(26)65/h11-13,16,21-23,26,28,30-31,34,38,46-47,51,65-67H,14-15,17-20,24-25H2,1-10H3,(H,60,71)(H,73,74)/t26-,28+,30+,31+,38-,46-,47+,51+,57-,58?/m0/s1. The summed E-state index contributed by atoms with van der Waals surface area (Å²) >= 11 is 0. The van der Waals surface area contributed by atoms with Gasteiger partial charge in [0.25, 0.3) is 17.2 Å². The van der Waals surface area contributed by atoms with E-state index in [1.54, 1.807) is 51.7 Å². The van der Waals surface area contributed by atoms with Gasteiger partial charge in [-0.1, -0.05) is 45.9 Å². The lowest BCUT2D eigenvalue weighted by molar-refractivity contribution is -0.160. The lowest BCUT2D eigenvalue weighted by Crippen LogP contribution is -2.46. The largest absolute Gasteiger partial charge is 0.507 e. The van der Waals surface area contributed by atoms with Crippen LogP contribution in [0.5, 0.6) is 11.5 Å². The number of carbonyl (C=O) groups excluding carboxylic acids is 5. The maximum atomic E-state index is 16.5. The van der Waals surface area contributed by atoms with Gasteiger partial charge in [-0.3, -0.25) is 33.2 Å². The number of amides is 1. The number of aromatic nitrogens is 1. The van der Waals surface area contributed by atoms with Crippen LogP contribution in [0.3, 0.4) is 0 Å². The number of nitrogens with zero attached hydrogens (tertiary/aromatic N) is 3. The average Bonchev–Trinajstić information content (AvgIpc) is 3.93. The van der Waals surface area contributed by atoms with E-state index in [1.807, 2.05) is 4.90 Å². The van der Waals surface area contributed by atoms with E-state index in [0.717, 1.165) is 29.7 Å². The van der Waals surface area contributed by atoms with E-state index in [-0.39, 0.29) is 59.4 Å². The number of carboxylic acid groups (broad SMARTS) is 1. The number of ketones is 3. The molecule has 5 aliphatic heterocycles. The number of carboxylic acids is 1. The Labute approximate surface area is 450 Å². The number of halogens is 1. The number of rotatable bonds is 6. The van der Waals surface area contributed by atoms with Crippen molar-refractivity contribution < 1.29 is 72.5 Å². The molecule has 1 amide bonds. The van der Waals surface area contributed by atoms with Gasteiger partial charge in [-0.2, -0.15) is 0 Å². The van der Waals surface area contributed by atoms with E-state index in [1.165, 1.54) is 53.0 Å². The quantitative estimate of drug-likeness (QED) is 0.172. The molecule has 2 aliphatic carbocycles. The fourth-order valence-corrected chi connectivity index (χ4v) is 12.5. The number of aryl methyl sites for hydroxylation is 1. The molecule has 7 heterocycles. The summed E-state index contributed by atoms with van der Waals surface area (Å²) < 4.78 is 41.4. The van der Waals surface area contributed by atoms with Crippen molar-refractivity contribution in [1.29, 1.82) is 0 Å². The highest BCUT2D eigenvalue weighted by molar-refractivity contribution is 6.32. The number of likely N-dealkylation sites (tertiary alicyclic amines) is 1. The van der Waals surface area contributed by atoms with E-state index >= 15 is 14.0 Å². The summed E-state index contributed by atoms with van der Waals surface area (Å²) in [6, 6.07) is 1.40. The van der Waals surface area contributed by atoms with Gasteiger partial charge in [-0.05, 0) is 75.6 Å². The zero-order chi connectivity index (χ0) is 56.8. The minimum atomic E-state index is -2.18. The average molecular weight is 1080 g/mol. The van der Waals surface area contributed by atoms with Crippen LogP contribution in [0.15, 0.2) is 64.6 Å².